The number of hydrogen-bond acceptors (Lipinski definition) is 3. The summed E-state index contributed by atoms with van der Waals surface area (Å²) in [5.74, 6) is -0.849. The van der Waals surface area contributed by atoms with Crippen molar-refractivity contribution in [3.8, 4) is 0 Å². The van der Waals surface area contributed by atoms with Crippen molar-refractivity contribution in [1.29, 1.82) is 0 Å². The molecule has 1 aliphatic rings. The van der Waals surface area contributed by atoms with Crippen molar-refractivity contribution in [2.45, 2.75) is 62.8 Å². The van der Waals surface area contributed by atoms with Gasteiger partial charge in [-0.3, -0.25) is 4.79 Å². The van der Waals surface area contributed by atoms with Gasteiger partial charge in [-0.15, -0.1) is 0 Å². The largest absolute Gasteiger partial charge is 0.352 e. The van der Waals surface area contributed by atoms with Crippen molar-refractivity contribution < 1.29 is 13.2 Å². The minimum atomic E-state index is -3.56. The predicted octanol–water partition coefficient (Wildman–Crippen LogP) is 3.00. The summed E-state index contributed by atoms with van der Waals surface area (Å²) < 4.78 is 24.5. The molecule has 1 fully saturated rings. The molecule has 0 heterocycles. The van der Waals surface area contributed by atoms with Gasteiger partial charge in [0.25, 0.3) is 0 Å². The van der Waals surface area contributed by atoms with Crippen LogP contribution in [0.25, 0.3) is 0 Å². The van der Waals surface area contributed by atoms with Crippen molar-refractivity contribution in [2.75, 3.05) is 5.75 Å². The Morgan fingerprint density at radius 2 is 1.59 bits per heavy atom. The van der Waals surface area contributed by atoms with Crippen molar-refractivity contribution in [1.82, 2.24) is 5.32 Å². The van der Waals surface area contributed by atoms with Gasteiger partial charge in [0.15, 0.2) is 9.84 Å². The van der Waals surface area contributed by atoms with Gasteiger partial charge in [0.05, 0.1) is 4.90 Å². The van der Waals surface area contributed by atoms with E-state index in [-0.39, 0.29) is 16.8 Å². The molecule has 0 saturated heterocycles. The summed E-state index contributed by atoms with van der Waals surface area (Å²) in [6.45, 7) is 1.90. The number of aryl methyl sites for hydroxylation is 1. The predicted molar refractivity (Wildman–Crippen MR) is 87.5 cm³/mol. The quantitative estimate of drug-likeness (QED) is 0.926. The van der Waals surface area contributed by atoms with E-state index in [1.807, 2.05) is 6.92 Å². The highest BCUT2D eigenvalue weighted by Gasteiger charge is 2.21. The van der Waals surface area contributed by atoms with Gasteiger partial charge >= 0.3 is 0 Å². The molecule has 5 heteroatoms. The van der Waals surface area contributed by atoms with E-state index in [9.17, 15) is 13.2 Å². The first-order valence-electron chi connectivity index (χ1n) is 8.06. The summed E-state index contributed by atoms with van der Waals surface area (Å²) in [7, 11) is -3.56. The van der Waals surface area contributed by atoms with Crippen molar-refractivity contribution in [3.05, 3.63) is 29.8 Å². The Bertz CT molecular complexity index is 585. The zero-order valence-corrected chi connectivity index (χ0v) is 14.0. The number of nitrogens with one attached hydrogen (secondary N) is 1. The molecule has 0 atom stereocenters. The van der Waals surface area contributed by atoms with Gasteiger partial charge < -0.3 is 5.32 Å². The van der Waals surface area contributed by atoms with Crippen LogP contribution in [-0.4, -0.2) is 26.1 Å². The van der Waals surface area contributed by atoms with Crippen molar-refractivity contribution >= 4 is 15.7 Å². The van der Waals surface area contributed by atoms with Crippen LogP contribution in [-0.2, 0) is 14.6 Å². The Hall–Kier alpha value is -1.36. The third kappa shape index (κ3) is 5.13. The third-order valence-electron chi connectivity index (χ3n) is 4.17. The van der Waals surface area contributed by atoms with Crippen molar-refractivity contribution in [3.63, 3.8) is 0 Å². The van der Waals surface area contributed by atoms with Crippen LogP contribution in [0.3, 0.4) is 0 Å². The topological polar surface area (TPSA) is 63.2 Å². The number of sulfone groups is 1. The SMILES string of the molecule is Cc1ccc(S(=O)(=O)CC(=O)NC2CCCCCCC2)cc1. The van der Waals surface area contributed by atoms with Crippen LogP contribution in [0.15, 0.2) is 29.2 Å². The second-order valence-electron chi connectivity index (χ2n) is 6.18. The smallest absolute Gasteiger partial charge is 0.235 e. The van der Waals surface area contributed by atoms with Crippen LogP contribution in [0.4, 0.5) is 0 Å². The Kier molecular flexibility index (Phi) is 6.00. The van der Waals surface area contributed by atoms with Gasteiger partial charge in [-0.25, -0.2) is 8.42 Å². The fraction of sp³-hybridized carbons (Fsp3) is 0.588. The molecule has 1 aliphatic carbocycles. The van der Waals surface area contributed by atoms with E-state index < -0.39 is 15.6 Å². The Balaban J connectivity index is 1.93. The van der Waals surface area contributed by atoms with Gasteiger partial charge in [0.2, 0.25) is 5.91 Å². The molecule has 1 amide bonds. The number of hydrogen-bond donors (Lipinski definition) is 1. The molecule has 1 aromatic carbocycles. The van der Waals surface area contributed by atoms with E-state index >= 15 is 0 Å². The number of rotatable bonds is 4. The maximum absolute atomic E-state index is 12.3. The summed E-state index contributed by atoms with van der Waals surface area (Å²) in [5, 5.41) is 2.91. The van der Waals surface area contributed by atoms with Crippen LogP contribution in [0.1, 0.15) is 50.5 Å². The standard InChI is InChI=1S/C17H25NO3S/c1-14-9-11-16(12-10-14)22(20,21)13-17(19)18-15-7-5-3-2-4-6-8-15/h9-12,15H,2-8,13H2,1H3,(H,18,19). The van der Waals surface area contributed by atoms with Crippen LogP contribution >= 0.6 is 0 Å². The summed E-state index contributed by atoms with van der Waals surface area (Å²) in [6.07, 6.45) is 7.79. The number of amides is 1. The van der Waals surface area contributed by atoms with Crippen LogP contribution in [0, 0.1) is 6.92 Å². The zero-order chi connectivity index (χ0) is 16.0. The highest BCUT2D eigenvalue weighted by Crippen LogP contribution is 2.17. The average molecular weight is 323 g/mol. The number of carbonyl (C=O) groups is 1. The lowest BCUT2D eigenvalue weighted by atomic mass is 9.97. The summed E-state index contributed by atoms with van der Waals surface area (Å²) in [6, 6.07) is 6.75. The first-order chi connectivity index (χ1) is 10.5. The second-order valence-corrected chi connectivity index (χ2v) is 8.17. The monoisotopic (exact) mass is 323 g/mol. The summed E-state index contributed by atoms with van der Waals surface area (Å²) >= 11 is 0. The number of carbonyl (C=O) groups excluding carboxylic acids is 1. The fourth-order valence-electron chi connectivity index (χ4n) is 2.87. The first-order valence-corrected chi connectivity index (χ1v) is 9.71. The molecule has 22 heavy (non-hydrogen) atoms. The lowest BCUT2D eigenvalue weighted by Crippen LogP contribution is -2.38. The van der Waals surface area contributed by atoms with Crippen LogP contribution < -0.4 is 5.32 Å². The van der Waals surface area contributed by atoms with E-state index in [1.54, 1.807) is 24.3 Å². The first kappa shape index (κ1) is 17.0. The summed E-state index contributed by atoms with van der Waals surface area (Å²) in [4.78, 5) is 12.3. The Morgan fingerprint density at radius 1 is 1.05 bits per heavy atom. The molecule has 0 aromatic heterocycles. The fourth-order valence-corrected chi connectivity index (χ4v) is 4.02. The molecular formula is C17H25NO3S. The van der Waals surface area contributed by atoms with Crippen LogP contribution in [0.5, 0.6) is 0 Å². The molecule has 0 spiro atoms. The van der Waals surface area contributed by atoms with Gasteiger partial charge in [-0.05, 0) is 31.9 Å². The molecule has 4 nitrogen and oxygen atoms in total. The van der Waals surface area contributed by atoms with Gasteiger partial charge in [0.1, 0.15) is 5.75 Å². The lowest BCUT2D eigenvalue weighted by Gasteiger charge is -2.21. The Morgan fingerprint density at radius 3 is 2.18 bits per heavy atom. The molecular weight excluding hydrogens is 298 g/mol. The Labute approximate surface area is 133 Å². The molecule has 0 radical (unpaired) electrons. The normalized spacial score (nSPS) is 17.5. The van der Waals surface area contributed by atoms with Gasteiger partial charge in [-0.2, -0.15) is 0 Å². The molecule has 0 bridgehead atoms. The molecule has 1 N–H and O–H groups in total. The average Bonchev–Trinajstić information content (AvgIpc) is 2.41. The van der Waals surface area contributed by atoms with Crippen LogP contribution in [0.2, 0.25) is 0 Å². The molecule has 122 valence electrons. The van der Waals surface area contributed by atoms with E-state index in [0.717, 1.165) is 31.2 Å². The van der Waals surface area contributed by atoms with E-state index in [0.29, 0.717) is 0 Å². The molecule has 1 saturated carbocycles. The molecule has 0 unspecified atom stereocenters. The minimum absolute atomic E-state index is 0.126. The van der Waals surface area contributed by atoms with E-state index in [4.69, 9.17) is 0 Å². The number of benzene rings is 1. The third-order valence-corrected chi connectivity index (χ3v) is 5.80. The van der Waals surface area contributed by atoms with Crippen molar-refractivity contribution in [2.24, 2.45) is 0 Å². The molecule has 1 aromatic rings. The highest BCUT2D eigenvalue weighted by molar-refractivity contribution is 7.92. The maximum Gasteiger partial charge on any atom is 0.235 e. The van der Waals surface area contributed by atoms with Gasteiger partial charge in [0, 0.05) is 6.04 Å². The van der Waals surface area contributed by atoms with Gasteiger partial charge in [-0.1, -0.05) is 49.8 Å². The molecule has 0 aliphatic heterocycles. The maximum atomic E-state index is 12.3. The summed E-state index contributed by atoms with van der Waals surface area (Å²) in [5.41, 5.74) is 0.998. The zero-order valence-electron chi connectivity index (χ0n) is 13.2. The van der Waals surface area contributed by atoms with E-state index in [2.05, 4.69) is 5.32 Å². The van der Waals surface area contributed by atoms with E-state index in [1.165, 1.54) is 19.3 Å². The lowest BCUT2D eigenvalue weighted by molar-refractivity contribution is -0.119. The minimum Gasteiger partial charge on any atom is -0.352 e. The highest BCUT2D eigenvalue weighted by atomic mass is 32.2. The molecule has 2 rings (SSSR count). The second kappa shape index (κ2) is 7.77.